The van der Waals surface area contributed by atoms with Crippen LogP contribution in [0.4, 0.5) is 5.69 Å². The van der Waals surface area contributed by atoms with E-state index in [4.69, 9.17) is 11.6 Å². The Hall–Kier alpha value is -1.89. The van der Waals surface area contributed by atoms with E-state index in [2.05, 4.69) is 6.92 Å². The summed E-state index contributed by atoms with van der Waals surface area (Å²) in [6.07, 6.45) is 3.67. The summed E-state index contributed by atoms with van der Waals surface area (Å²) in [6, 6.07) is 12.4. The number of sulfonamides is 1. The summed E-state index contributed by atoms with van der Waals surface area (Å²) >= 11 is 6.28. The van der Waals surface area contributed by atoms with Crippen molar-refractivity contribution in [2.45, 2.75) is 37.5 Å². The lowest BCUT2D eigenvalue weighted by Gasteiger charge is -2.31. The van der Waals surface area contributed by atoms with E-state index in [0.29, 0.717) is 31.1 Å². The summed E-state index contributed by atoms with van der Waals surface area (Å²) in [5, 5.41) is 0.152. The smallest absolute Gasteiger partial charge is 0.258 e. The maximum Gasteiger partial charge on any atom is 0.258 e. The number of hydrogen-bond donors (Lipinski definition) is 0. The molecule has 0 bridgehead atoms. The molecule has 0 aromatic heterocycles. The number of benzene rings is 2. The average Bonchev–Trinajstić information content (AvgIpc) is 2.73. The van der Waals surface area contributed by atoms with E-state index < -0.39 is 10.0 Å². The first-order valence-corrected chi connectivity index (χ1v) is 11.9. The highest BCUT2D eigenvalue weighted by Crippen LogP contribution is 2.32. The molecule has 4 rings (SSSR count). The Morgan fingerprint density at radius 3 is 2.69 bits per heavy atom. The molecule has 0 spiro atoms. The number of aryl methyl sites for hydroxylation is 1. The van der Waals surface area contributed by atoms with Crippen LogP contribution in [0.15, 0.2) is 47.4 Å². The van der Waals surface area contributed by atoms with Crippen LogP contribution in [0.25, 0.3) is 0 Å². The monoisotopic (exact) mass is 432 g/mol. The molecule has 5 nitrogen and oxygen atoms in total. The SMILES string of the molecule is C[C@@H]1CCCN(S(=O)(=O)c2cc(C(=O)N3CCCc4ccccc43)ccc2Cl)C1. The Bertz CT molecular complexity index is 1040. The van der Waals surface area contributed by atoms with E-state index in [9.17, 15) is 13.2 Å². The van der Waals surface area contributed by atoms with Crippen molar-refractivity contribution < 1.29 is 13.2 Å². The van der Waals surface area contributed by atoms with Gasteiger partial charge in [-0.05, 0) is 61.4 Å². The van der Waals surface area contributed by atoms with E-state index in [1.165, 1.54) is 16.4 Å². The molecule has 2 heterocycles. The zero-order chi connectivity index (χ0) is 20.6. The van der Waals surface area contributed by atoms with Gasteiger partial charge in [-0.2, -0.15) is 4.31 Å². The number of carbonyl (C=O) groups is 1. The number of nitrogens with zero attached hydrogens (tertiary/aromatic N) is 2. The van der Waals surface area contributed by atoms with Crippen molar-refractivity contribution in [2.75, 3.05) is 24.5 Å². The van der Waals surface area contributed by atoms with Gasteiger partial charge in [0, 0.05) is 30.9 Å². The minimum absolute atomic E-state index is 0.0180. The number of halogens is 1. The van der Waals surface area contributed by atoms with Gasteiger partial charge in [-0.1, -0.05) is 36.7 Å². The third-order valence-electron chi connectivity index (χ3n) is 5.77. The van der Waals surface area contributed by atoms with Crippen molar-refractivity contribution in [2.24, 2.45) is 5.92 Å². The first kappa shape index (κ1) is 20.4. The van der Waals surface area contributed by atoms with Crippen LogP contribution in [0.5, 0.6) is 0 Å². The van der Waals surface area contributed by atoms with Gasteiger partial charge in [-0.15, -0.1) is 0 Å². The van der Waals surface area contributed by atoms with Crippen LogP contribution >= 0.6 is 11.6 Å². The zero-order valence-corrected chi connectivity index (χ0v) is 18.0. The molecule has 0 saturated carbocycles. The minimum Gasteiger partial charge on any atom is -0.308 e. The number of carbonyl (C=O) groups excluding carboxylic acids is 1. The second-order valence-corrected chi connectivity index (χ2v) is 10.3. The van der Waals surface area contributed by atoms with Gasteiger partial charge in [-0.3, -0.25) is 4.79 Å². The predicted molar refractivity (Wildman–Crippen MR) is 115 cm³/mol. The molecule has 0 aliphatic carbocycles. The molecule has 0 N–H and O–H groups in total. The van der Waals surface area contributed by atoms with E-state index in [-0.39, 0.29) is 15.8 Å². The standard InChI is InChI=1S/C22H25ClN2O3S/c1-16-6-4-12-24(15-16)29(27,28)21-14-18(10-11-19(21)23)22(26)25-13-5-8-17-7-2-3-9-20(17)25/h2-3,7,9-11,14,16H,4-6,8,12-13,15H2,1H3/t16-/m1/s1. The number of amides is 1. The van der Waals surface area contributed by atoms with Crippen molar-refractivity contribution >= 4 is 33.2 Å². The van der Waals surface area contributed by atoms with Crippen molar-refractivity contribution in [1.29, 1.82) is 0 Å². The van der Waals surface area contributed by atoms with Crippen LogP contribution in [0.3, 0.4) is 0 Å². The Balaban J connectivity index is 1.68. The van der Waals surface area contributed by atoms with Gasteiger partial charge >= 0.3 is 0 Å². The summed E-state index contributed by atoms with van der Waals surface area (Å²) in [5.74, 6) is 0.115. The van der Waals surface area contributed by atoms with Gasteiger partial charge in [0.15, 0.2) is 0 Å². The number of para-hydroxylation sites is 1. The molecule has 0 radical (unpaired) electrons. The van der Waals surface area contributed by atoms with Crippen molar-refractivity contribution in [3.05, 3.63) is 58.6 Å². The lowest BCUT2D eigenvalue weighted by Crippen LogP contribution is -2.39. The van der Waals surface area contributed by atoms with Crippen LogP contribution in [-0.4, -0.2) is 38.3 Å². The fraction of sp³-hybridized carbons (Fsp3) is 0.409. The van der Waals surface area contributed by atoms with Gasteiger partial charge < -0.3 is 4.90 Å². The normalized spacial score (nSPS) is 20.3. The summed E-state index contributed by atoms with van der Waals surface area (Å²) in [6.45, 7) is 3.64. The summed E-state index contributed by atoms with van der Waals surface area (Å²) < 4.78 is 27.9. The lowest BCUT2D eigenvalue weighted by atomic mass is 10.0. The Kier molecular flexibility index (Phi) is 5.69. The topological polar surface area (TPSA) is 57.7 Å². The van der Waals surface area contributed by atoms with Crippen molar-refractivity contribution in [3.8, 4) is 0 Å². The maximum absolute atomic E-state index is 13.3. The molecule has 1 amide bonds. The molecule has 1 fully saturated rings. The third-order valence-corrected chi connectivity index (χ3v) is 8.12. The highest BCUT2D eigenvalue weighted by atomic mass is 35.5. The first-order valence-electron chi connectivity index (χ1n) is 10.1. The van der Waals surface area contributed by atoms with Gasteiger partial charge in [0.05, 0.1) is 5.02 Å². The van der Waals surface area contributed by atoms with Crippen LogP contribution in [-0.2, 0) is 16.4 Å². The Morgan fingerprint density at radius 1 is 1.10 bits per heavy atom. The second kappa shape index (κ2) is 8.09. The number of fused-ring (bicyclic) bond motifs is 1. The quantitative estimate of drug-likeness (QED) is 0.724. The van der Waals surface area contributed by atoms with Gasteiger partial charge in [0.2, 0.25) is 10.0 Å². The fourth-order valence-electron chi connectivity index (χ4n) is 4.24. The molecule has 1 atom stereocenters. The predicted octanol–water partition coefficient (Wildman–Crippen LogP) is 4.35. The van der Waals surface area contributed by atoms with Crippen LogP contribution in [0.2, 0.25) is 5.02 Å². The molecule has 1 saturated heterocycles. The largest absolute Gasteiger partial charge is 0.308 e. The first-order chi connectivity index (χ1) is 13.9. The second-order valence-electron chi connectivity index (χ2n) is 7.94. The molecular weight excluding hydrogens is 408 g/mol. The Labute approximate surface area is 177 Å². The molecule has 2 aliphatic heterocycles. The molecule has 2 aromatic carbocycles. The minimum atomic E-state index is -3.74. The molecule has 7 heteroatoms. The molecule has 2 aliphatic rings. The highest BCUT2D eigenvalue weighted by molar-refractivity contribution is 7.89. The molecule has 2 aromatic rings. The summed E-state index contributed by atoms with van der Waals surface area (Å²) in [4.78, 5) is 15.0. The fourth-order valence-corrected chi connectivity index (χ4v) is 6.34. The third kappa shape index (κ3) is 3.93. The maximum atomic E-state index is 13.3. The van der Waals surface area contributed by atoms with Crippen molar-refractivity contribution in [3.63, 3.8) is 0 Å². The lowest BCUT2D eigenvalue weighted by molar-refractivity contribution is 0.0985. The summed E-state index contributed by atoms with van der Waals surface area (Å²) in [7, 11) is -3.74. The number of anilines is 1. The van der Waals surface area contributed by atoms with Crippen LogP contribution in [0.1, 0.15) is 42.1 Å². The van der Waals surface area contributed by atoms with Crippen LogP contribution in [0, 0.1) is 5.92 Å². The van der Waals surface area contributed by atoms with E-state index in [1.54, 1.807) is 11.0 Å². The van der Waals surface area contributed by atoms with Gasteiger partial charge in [0.25, 0.3) is 5.91 Å². The molecular formula is C22H25ClN2O3S. The Morgan fingerprint density at radius 2 is 1.90 bits per heavy atom. The van der Waals surface area contributed by atoms with Gasteiger partial charge in [0.1, 0.15) is 4.90 Å². The number of rotatable bonds is 3. The van der Waals surface area contributed by atoms with Crippen molar-refractivity contribution in [1.82, 2.24) is 4.31 Å². The van der Waals surface area contributed by atoms with Gasteiger partial charge in [-0.25, -0.2) is 8.42 Å². The van der Waals surface area contributed by atoms with Crippen LogP contribution < -0.4 is 4.90 Å². The zero-order valence-electron chi connectivity index (χ0n) is 16.5. The number of hydrogen-bond acceptors (Lipinski definition) is 3. The highest BCUT2D eigenvalue weighted by Gasteiger charge is 2.32. The molecule has 29 heavy (non-hydrogen) atoms. The molecule has 154 valence electrons. The van der Waals surface area contributed by atoms with E-state index in [0.717, 1.165) is 36.9 Å². The van der Waals surface area contributed by atoms with E-state index >= 15 is 0 Å². The summed E-state index contributed by atoms with van der Waals surface area (Å²) in [5.41, 5.74) is 2.37. The average molecular weight is 433 g/mol. The molecule has 0 unspecified atom stereocenters. The van der Waals surface area contributed by atoms with E-state index in [1.807, 2.05) is 24.3 Å². The number of piperidine rings is 1.